The van der Waals surface area contributed by atoms with Crippen molar-refractivity contribution >= 4 is 11.6 Å². The number of nitrogens with zero attached hydrogens (tertiary/aromatic N) is 1. The van der Waals surface area contributed by atoms with Crippen LogP contribution in [0.3, 0.4) is 0 Å². The summed E-state index contributed by atoms with van der Waals surface area (Å²) in [4.78, 5) is 4.38. The fourth-order valence-electron chi connectivity index (χ4n) is 4.01. The van der Waals surface area contributed by atoms with E-state index in [0.29, 0.717) is 29.1 Å². The second kappa shape index (κ2) is 7.52. The van der Waals surface area contributed by atoms with Gasteiger partial charge in [-0.2, -0.15) is 0 Å². The first-order chi connectivity index (χ1) is 12.2. The molecule has 25 heavy (non-hydrogen) atoms. The number of hydrogen-bond acceptors (Lipinski definition) is 4. The smallest absolute Gasteiger partial charge is 0.195 e. The Hall–Kier alpha value is -1.95. The van der Waals surface area contributed by atoms with E-state index in [0.717, 1.165) is 24.7 Å². The third-order valence-electron chi connectivity index (χ3n) is 5.62. The average molecular weight is 347 g/mol. The van der Waals surface area contributed by atoms with Crippen molar-refractivity contribution < 1.29 is 14.2 Å². The van der Waals surface area contributed by atoms with Gasteiger partial charge in [0.05, 0.1) is 20.3 Å². The van der Waals surface area contributed by atoms with E-state index in [1.165, 1.54) is 19.3 Å². The van der Waals surface area contributed by atoms with E-state index in [4.69, 9.17) is 14.2 Å². The zero-order chi connectivity index (χ0) is 17.9. The highest BCUT2D eigenvalue weighted by molar-refractivity contribution is 5.94. The van der Waals surface area contributed by atoms with Crippen molar-refractivity contribution in [3.8, 4) is 11.5 Å². The predicted octanol–water partition coefficient (Wildman–Crippen LogP) is 3.04. The molecule has 0 aromatic heterocycles. The van der Waals surface area contributed by atoms with E-state index in [-0.39, 0.29) is 0 Å². The highest BCUT2D eigenvalue weighted by Gasteiger charge is 2.59. The quantitative estimate of drug-likeness (QED) is 0.612. The average Bonchev–Trinajstić information content (AvgIpc) is 2.58. The van der Waals surface area contributed by atoms with Gasteiger partial charge < -0.3 is 24.8 Å². The SMILES string of the molecule is CCOC1CC(NC(=NC)Nc2ccc(OC)c(OC)c2)C12CCC2. The first-order valence-corrected chi connectivity index (χ1v) is 9.00. The van der Waals surface area contributed by atoms with Crippen LogP contribution in [0.5, 0.6) is 11.5 Å². The molecule has 0 amide bonds. The molecule has 2 aliphatic carbocycles. The van der Waals surface area contributed by atoms with Gasteiger partial charge >= 0.3 is 0 Å². The second-order valence-electron chi connectivity index (χ2n) is 6.73. The number of aliphatic imine (C=N–C) groups is 1. The summed E-state index contributed by atoms with van der Waals surface area (Å²) in [5.41, 5.74) is 1.21. The summed E-state index contributed by atoms with van der Waals surface area (Å²) in [6.45, 7) is 2.86. The number of anilines is 1. The highest BCUT2D eigenvalue weighted by atomic mass is 16.5. The maximum Gasteiger partial charge on any atom is 0.195 e. The summed E-state index contributed by atoms with van der Waals surface area (Å²) in [5.74, 6) is 2.18. The van der Waals surface area contributed by atoms with Gasteiger partial charge in [-0.15, -0.1) is 0 Å². The van der Waals surface area contributed by atoms with Gasteiger partial charge in [0, 0.05) is 36.9 Å². The van der Waals surface area contributed by atoms with Crippen LogP contribution in [0.4, 0.5) is 5.69 Å². The molecule has 0 radical (unpaired) electrons. The molecule has 2 N–H and O–H groups in total. The summed E-state index contributed by atoms with van der Waals surface area (Å²) in [6, 6.07) is 6.17. The largest absolute Gasteiger partial charge is 0.493 e. The van der Waals surface area contributed by atoms with Gasteiger partial charge in [0.15, 0.2) is 17.5 Å². The monoisotopic (exact) mass is 347 g/mol. The molecule has 3 rings (SSSR count). The summed E-state index contributed by atoms with van der Waals surface area (Å²) >= 11 is 0. The summed E-state index contributed by atoms with van der Waals surface area (Å²) < 4.78 is 16.6. The van der Waals surface area contributed by atoms with E-state index in [9.17, 15) is 0 Å². The number of benzene rings is 1. The van der Waals surface area contributed by atoms with Gasteiger partial charge in [-0.3, -0.25) is 4.99 Å². The molecule has 2 unspecified atom stereocenters. The molecule has 1 aromatic carbocycles. The molecular formula is C19H29N3O3. The Labute approximate surface area is 149 Å². The van der Waals surface area contributed by atoms with Crippen LogP contribution in [0.2, 0.25) is 0 Å². The van der Waals surface area contributed by atoms with Crippen LogP contribution in [0.25, 0.3) is 0 Å². The predicted molar refractivity (Wildman–Crippen MR) is 99.8 cm³/mol. The lowest BCUT2D eigenvalue weighted by molar-refractivity contribution is -0.168. The van der Waals surface area contributed by atoms with Gasteiger partial charge in [-0.05, 0) is 38.3 Å². The fourth-order valence-corrected chi connectivity index (χ4v) is 4.01. The molecule has 2 aliphatic rings. The molecule has 6 heteroatoms. The molecular weight excluding hydrogens is 318 g/mol. The van der Waals surface area contributed by atoms with Gasteiger partial charge in [0.2, 0.25) is 0 Å². The van der Waals surface area contributed by atoms with Crippen LogP contribution in [0.15, 0.2) is 23.2 Å². The van der Waals surface area contributed by atoms with Gasteiger partial charge in [-0.25, -0.2) is 0 Å². The Kier molecular flexibility index (Phi) is 5.37. The van der Waals surface area contributed by atoms with Crippen LogP contribution >= 0.6 is 0 Å². The minimum absolute atomic E-state index is 0.297. The first kappa shape index (κ1) is 17.9. The summed E-state index contributed by atoms with van der Waals surface area (Å²) in [6.07, 6.45) is 5.21. The van der Waals surface area contributed by atoms with Crippen molar-refractivity contribution in [3.05, 3.63) is 18.2 Å². The lowest BCUT2D eigenvalue weighted by Gasteiger charge is -2.61. The number of ether oxygens (including phenoxy) is 3. The van der Waals surface area contributed by atoms with Crippen molar-refractivity contribution in [2.75, 3.05) is 33.2 Å². The normalized spacial score (nSPS) is 24.2. The van der Waals surface area contributed by atoms with Gasteiger partial charge in [0.1, 0.15) is 0 Å². The van der Waals surface area contributed by atoms with Crippen LogP contribution in [-0.4, -0.2) is 46.0 Å². The molecule has 0 heterocycles. The zero-order valence-electron chi connectivity index (χ0n) is 15.6. The number of methoxy groups -OCH3 is 2. The van der Waals surface area contributed by atoms with Crippen LogP contribution < -0.4 is 20.1 Å². The second-order valence-corrected chi connectivity index (χ2v) is 6.73. The molecule has 0 saturated heterocycles. The van der Waals surface area contributed by atoms with Gasteiger partial charge in [0.25, 0.3) is 0 Å². The Morgan fingerprint density at radius 3 is 2.56 bits per heavy atom. The Balaban J connectivity index is 1.64. The Morgan fingerprint density at radius 2 is 2.00 bits per heavy atom. The van der Waals surface area contributed by atoms with E-state index in [1.807, 2.05) is 18.2 Å². The van der Waals surface area contributed by atoms with E-state index in [2.05, 4.69) is 22.5 Å². The van der Waals surface area contributed by atoms with Crippen molar-refractivity contribution in [2.45, 2.75) is 44.8 Å². The molecule has 1 spiro atoms. The van der Waals surface area contributed by atoms with Crippen molar-refractivity contribution in [3.63, 3.8) is 0 Å². The molecule has 2 atom stereocenters. The Morgan fingerprint density at radius 1 is 1.24 bits per heavy atom. The van der Waals surface area contributed by atoms with Crippen molar-refractivity contribution in [1.29, 1.82) is 0 Å². The number of nitrogens with one attached hydrogen (secondary N) is 2. The fraction of sp³-hybridized carbons (Fsp3) is 0.632. The minimum atomic E-state index is 0.297. The number of hydrogen-bond donors (Lipinski definition) is 2. The molecule has 1 aromatic rings. The van der Waals surface area contributed by atoms with Crippen LogP contribution in [-0.2, 0) is 4.74 Å². The first-order valence-electron chi connectivity index (χ1n) is 9.00. The van der Waals surface area contributed by atoms with E-state index >= 15 is 0 Å². The third kappa shape index (κ3) is 3.27. The van der Waals surface area contributed by atoms with E-state index in [1.54, 1.807) is 21.3 Å². The minimum Gasteiger partial charge on any atom is -0.493 e. The topological polar surface area (TPSA) is 64.1 Å². The highest BCUT2D eigenvalue weighted by Crippen LogP contribution is 2.57. The molecule has 2 saturated carbocycles. The van der Waals surface area contributed by atoms with Crippen LogP contribution in [0, 0.1) is 5.41 Å². The third-order valence-corrected chi connectivity index (χ3v) is 5.62. The maximum atomic E-state index is 5.92. The van der Waals surface area contributed by atoms with Gasteiger partial charge in [-0.1, -0.05) is 6.42 Å². The maximum absolute atomic E-state index is 5.92. The lowest BCUT2D eigenvalue weighted by atomic mass is 9.51. The number of guanidine groups is 1. The molecule has 6 nitrogen and oxygen atoms in total. The lowest BCUT2D eigenvalue weighted by Crippen LogP contribution is -2.68. The molecule has 138 valence electrons. The molecule has 0 bridgehead atoms. The summed E-state index contributed by atoms with van der Waals surface area (Å²) in [7, 11) is 5.06. The molecule has 0 aliphatic heterocycles. The molecule has 2 fully saturated rings. The van der Waals surface area contributed by atoms with Crippen molar-refractivity contribution in [1.82, 2.24) is 5.32 Å². The Bertz CT molecular complexity index is 628. The van der Waals surface area contributed by atoms with Crippen LogP contribution in [0.1, 0.15) is 32.6 Å². The zero-order valence-corrected chi connectivity index (χ0v) is 15.6. The van der Waals surface area contributed by atoms with E-state index < -0.39 is 0 Å². The van der Waals surface area contributed by atoms with Crippen molar-refractivity contribution in [2.24, 2.45) is 10.4 Å². The number of rotatable bonds is 6. The standard InChI is InChI=1S/C19H29N3O3/c1-5-25-17-12-16(19(17)9-6-10-19)22-18(20-2)21-13-7-8-14(23-3)15(11-13)24-4/h7-8,11,16-17H,5-6,9-10,12H2,1-4H3,(H2,20,21,22). The summed E-state index contributed by atoms with van der Waals surface area (Å²) in [5, 5.41) is 6.93.